The van der Waals surface area contributed by atoms with Gasteiger partial charge in [0.05, 0.1) is 23.6 Å². The fourth-order valence-corrected chi connectivity index (χ4v) is 3.70. The average Bonchev–Trinajstić information content (AvgIpc) is 2.55. The smallest absolute Gasteiger partial charge is 0.416 e. The van der Waals surface area contributed by atoms with Crippen molar-refractivity contribution in [1.82, 2.24) is 5.32 Å². The van der Waals surface area contributed by atoms with E-state index in [0.29, 0.717) is 16.3 Å². The van der Waals surface area contributed by atoms with Crippen molar-refractivity contribution < 1.29 is 22.7 Å². The molecule has 3 unspecified atom stereocenters. The van der Waals surface area contributed by atoms with Gasteiger partial charge in [-0.1, -0.05) is 42.0 Å². The molecule has 1 aliphatic heterocycles. The van der Waals surface area contributed by atoms with Crippen LogP contribution < -0.4 is 10.1 Å². The third kappa shape index (κ3) is 3.30. The number of nitrogens with one attached hydrogen (secondary N) is 1. The number of benzene rings is 1. The summed E-state index contributed by atoms with van der Waals surface area (Å²) in [7, 11) is 1.44. The first-order valence-corrected chi connectivity index (χ1v) is 8.16. The Bertz CT molecular complexity index is 804. The van der Waals surface area contributed by atoms with Crippen molar-refractivity contribution in [2.24, 2.45) is 5.92 Å². The van der Waals surface area contributed by atoms with Crippen molar-refractivity contribution in [2.45, 2.75) is 18.1 Å². The van der Waals surface area contributed by atoms with Crippen LogP contribution in [0.5, 0.6) is 5.75 Å². The Hall–Kier alpha value is -1.86. The van der Waals surface area contributed by atoms with Crippen LogP contribution in [0.25, 0.3) is 0 Å². The molecule has 0 spiro atoms. The first-order valence-electron chi connectivity index (χ1n) is 7.37. The summed E-state index contributed by atoms with van der Waals surface area (Å²) >= 11 is 11.3. The number of rotatable bonds is 2. The number of alkyl halides is 3. The van der Waals surface area contributed by atoms with Crippen molar-refractivity contribution in [3.8, 4) is 5.75 Å². The minimum Gasteiger partial charge on any atom is -0.496 e. The van der Waals surface area contributed by atoms with Gasteiger partial charge < -0.3 is 10.1 Å². The Morgan fingerprint density at radius 3 is 2.68 bits per heavy atom. The van der Waals surface area contributed by atoms with Gasteiger partial charge in [0.1, 0.15) is 5.75 Å². The summed E-state index contributed by atoms with van der Waals surface area (Å²) < 4.78 is 44.7. The van der Waals surface area contributed by atoms with E-state index in [1.165, 1.54) is 13.2 Å². The Balaban J connectivity index is 2.14. The monoisotopic (exact) mass is 387 g/mol. The minimum atomic E-state index is -4.48. The summed E-state index contributed by atoms with van der Waals surface area (Å²) in [6.07, 6.45) is -1.05. The molecule has 1 aliphatic carbocycles. The van der Waals surface area contributed by atoms with Crippen LogP contribution >= 0.6 is 23.8 Å². The van der Waals surface area contributed by atoms with Gasteiger partial charge in [-0.25, -0.2) is 0 Å². The topological polar surface area (TPSA) is 38.3 Å². The van der Waals surface area contributed by atoms with Crippen LogP contribution in [0.2, 0.25) is 5.02 Å². The minimum absolute atomic E-state index is 0.00916. The molecular weight excluding hydrogens is 375 g/mol. The molecule has 3 nitrogen and oxygen atoms in total. The molecule has 1 heterocycles. The molecule has 3 rings (SSSR count). The molecule has 2 aliphatic rings. The van der Waals surface area contributed by atoms with Gasteiger partial charge in [0, 0.05) is 22.4 Å². The highest BCUT2D eigenvalue weighted by Gasteiger charge is 2.44. The number of ether oxygens (including phenoxy) is 1. The molecule has 0 aromatic heterocycles. The van der Waals surface area contributed by atoms with Crippen LogP contribution in [0.3, 0.4) is 0 Å². The highest BCUT2D eigenvalue weighted by molar-refractivity contribution is 7.82. The summed E-state index contributed by atoms with van der Waals surface area (Å²) in [6, 6.07) is 4.20. The van der Waals surface area contributed by atoms with Gasteiger partial charge in [-0.05, 0) is 18.2 Å². The normalized spacial score (nSPS) is 26.0. The van der Waals surface area contributed by atoms with Crippen LogP contribution in [0, 0.1) is 5.92 Å². The molecule has 1 amide bonds. The lowest BCUT2D eigenvalue weighted by molar-refractivity contribution is -0.116. The van der Waals surface area contributed by atoms with Crippen LogP contribution in [0.1, 0.15) is 11.5 Å². The molecule has 25 heavy (non-hydrogen) atoms. The van der Waals surface area contributed by atoms with Crippen molar-refractivity contribution in [3.63, 3.8) is 0 Å². The molecule has 3 atom stereocenters. The molecule has 0 saturated carbocycles. The van der Waals surface area contributed by atoms with Crippen LogP contribution in [-0.2, 0) is 4.79 Å². The Kier molecular flexibility index (Phi) is 4.64. The van der Waals surface area contributed by atoms with Gasteiger partial charge in [0.15, 0.2) is 0 Å². The van der Waals surface area contributed by atoms with E-state index in [1.807, 2.05) is 0 Å². The zero-order valence-corrected chi connectivity index (χ0v) is 14.5. The third-order valence-electron chi connectivity index (χ3n) is 4.31. The number of methoxy groups -OCH3 is 1. The lowest BCUT2D eigenvalue weighted by atomic mass is 9.73. The molecule has 0 radical (unpaired) electrons. The van der Waals surface area contributed by atoms with E-state index in [0.717, 1.165) is 12.2 Å². The largest absolute Gasteiger partial charge is 0.496 e. The second-order valence-electron chi connectivity index (χ2n) is 5.78. The first kappa shape index (κ1) is 17.9. The Morgan fingerprint density at radius 1 is 1.32 bits per heavy atom. The van der Waals surface area contributed by atoms with Crippen LogP contribution in [0.4, 0.5) is 13.2 Å². The average molecular weight is 388 g/mol. The zero-order valence-electron chi connectivity index (χ0n) is 12.9. The number of thiocarbonyl (C=S) groups is 1. The fourth-order valence-electron chi connectivity index (χ4n) is 3.17. The number of hydrogen-bond donors (Lipinski definition) is 1. The number of amides is 1. The number of hydrogen-bond acceptors (Lipinski definition) is 3. The Labute approximate surface area is 152 Å². The lowest BCUT2D eigenvalue weighted by Crippen LogP contribution is -2.53. The van der Waals surface area contributed by atoms with Gasteiger partial charge in [-0.2, -0.15) is 13.2 Å². The fraction of sp³-hybridized carbons (Fsp3) is 0.294. The molecule has 1 aromatic rings. The maximum atomic E-state index is 13.1. The summed E-state index contributed by atoms with van der Waals surface area (Å²) in [5, 5.41) is 3.02. The SMILES string of the molecule is COc1ccc(Cl)cc1C1C(=S)C(=O)NC2C=CC(C(F)(F)F)=CC21. The van der Waals surface area contributed by atoms with Gasteiger partial charge in [-0.15, -0.1) is 0 Å². The number of allylic oxidation sites excluding steroid dienone is 2. The number of fused-ring (bicyclic) bond motifs is 1. The number of piperidine rings is 1. The van der Waals surface area contributed by atoms with Crippen molar-refractivity contribution >= 4 is 34.6 Å². The lowest BCUT2D eigenvalue weighted by Gasteiger charge is -2.38. The zero-order chi connectivity index (χ0) is 18.4. The van der Waals surface area contributed by atoms with Crippen LogP contribution in [0.15, 0.2) is 42.0 Å². The third-order valence-corrected chi connectivity index (χ3v) is 4.99. The molecule has 1 fully saturated rings. The second kappa shape index (κ2) is 6.46. The molecular formula is C17H13ClF3NO2S. The van der Waals surface area contributed by atoms with E-state index < -0.39 is 35.5 Å². The van der Waals surface area contributed by atoms with E-state index in [9.17, 15) is 18.0 Å². The molecule has 132 valence electrons. The molecule has 1 saturated heterocycles. The summed E-state index contributed by atoms with van der Waals surface area (Å²) in [4.78, 5) is 12.2. The number of carbonyl (C=O) groups excluding carboxylic acids is 1. The molecule has 8 heteroatoms. The summed E-state index contributed by atoms with van der Waals surface area (Å²) in [5.41, 5.74) is -0.267. The molecule has 1 N–H and O–H groups in total. The first-order chi connectivity index (χ1) is 11.7. The van der Waals surface area contributed by atoms with Crippen LogP contribution in [-0.4, -0.2) is 30.1 Å². The quantitative estimate of drug-likeness (QED) is 0.780. The van der Waals surface area contributed by atoms with E-state index in [4.69, 9.17) is 28.6 Å². The molecule has 1 aromatic carbocycles. The Morgan fingerprint density at radius 2 is 2.04 bits per heavy atom. The van der Waals surface area contributed by atoms with Gasteiger partial charge >= 0.3 is 6.18 Å². The van der Waals surface area contributed by atoms with E-state index in [2.05, 4.69) is 5.32 Å². The summed E-state index contributed by atoms with van der Waals surface area (Å²) in [6.45, 7) is 0. The van der Waals surface area contributed by atoms with E-state index >= 15 is 0 Å². The standard InChI is InChI=1S/C17H13ClF3NO2S/c1-24-13-5-3-9(18)7-11(13)14-10-6-8(17(19,20)21)2-4-12(10)22-16(23)15(14)25/h2-7,10,12,14H,1H3,(H,22,23). The van der Waals surface area contributed by atoms with Crippen molar-refractivity contribution in [2.75, 3.05) is 7.11 Å². The van der Waals surface area contributed by atoms with E-state index in [1.54, 1.807) is 18.2 Å². The predicted octanol–water partition coefficient (Wildman–Crippen LogP) is 3.98. The maximum Gasteiger partial charge on any atom is 0.416 e. The highest BCUT2D eigenvalue weighted by Crippen LogP contribution is 2.43. The molecule has 0 bridgehead atoms. The second-order valence-corrected chi connectivity index (χ2v) is 6.66. The number of halogens is 4. The van der Waals surface area contributed by atoms with Crippen molar-refractivity contribution in [1.29, 1.82) is 0 Å². The van der Waals surface area contributed by atoms with Gasteiger partial charge in [0.25, 0.3) is 5.91 Å². The van der Waals surface area contributed by atoms with Gasteiger partial charge in [-0.3, -0.25) is 4.79 Å². The van der Waals surface area contributed by atoms with E-state index in [-0.39, 0.29) is 4.86 Å². The summed E-state index contributed by atoms with van der Waals surface area (Å²) in [5.74, 6) is -1.48. The predicted molar refractivity (Wildman–Crippen MR) is 92.0 cm³/mol. The van der Waals surface area contributed by atoms with Crippen molar-refractivity contribution in [3.05, 3.63) is 52.6 Å². The highest BCUT2D eigenvalue weighted by atomic mass is 35.5. The van der Waals surface area contributed by atoms with Gasteiger partial charge in [0.2, 0.25) is 0 Å². The number of carbonyl (C=O) groups is 1. The maximum absolute atomic E-state index is 13.1.